The molecule has 6 heteroatoms. The molecule has 3 N–H and O–H groups in total. The van der Waals surface area contributed by atoms with Crippen molar-refractivity contribution < 1.29 is 4.79 Å². The maximum Gasteiger partial charge on any atom is 0.316 e. The van der Waals surface area contributed by atoms with Crippen LogP contribution in [0, 0.1) is 0 Å². The van der Waals surface area contributed by atoms with Gasteiger partial charge in [-0.15, -0.1) is 0 Å². The van der Waals surface area contributed by atoms with Gasteiger partial charge in [0.25, 0.3) is 0 Å². The van der Waals surface area contributed by atoms with Crippen molar-refractivity contribution in [2.75, 3.05) is 18.9 Å². The lowest BCUT2D eigenvalue weighted by atomic mass is 9.84. The molecule has 120 valence electrons. The van der Waals surface area contributed by atoms with E-state index in [4.69, 9.17) is 28.9 Å². The lowest BCUT2D eigenvalue weighted by Crippen LogP contribution is -2.31. The number of carbonyl (C=O) groups excluding carboxylic acids is 1. The summed E-state index contributed by atoms with van der Waals surface area (Å²) in [7, 11) is 2.06. The Morgan fingerprint density at radius 3 is 2.83 bits per heavy atom. The second kappa shape index (κ2) is 6.40. The number of nitrogens with two attached hydrogens (primary N) is 1. The van der Waals surface area contributed by atoms with Gasteiger partial charge < -0.3 is 16.0 Å². The van der Waals surface area contributed by atoms with Crippen molar-refractivity contribution in [3.63, 3.8) is 0 Å². The second-order valence-electron chi connectivity index (χ2n) is 5.82. The van der Waals surface area contributed by atoms with Crippen LogP contribution in [0.15, 0.2) is 36.4 Å². The van der Waals surface area contributed by atoms with Crippen LogP contribution in [0.2, 0.25) is 10.0 Å². The average molecular weight is 350 g/mol. The molecule has 0 radical (unpaired) electrons. The number of likely N-dealkylation sites (N-methyl/N-ethyl adjacent to an activating group) is 1. The van der Waals surface area contributed by atoms with Crippen LogP contribution in [0.25, 0.3) is 0 Å². The fourth-order valence-electron chi connectivity index (χ4n) is 3.11. The molecule has 1 unspecified atom stereocenters. The second-order valence-corrected chi connectivity index (χ2v) is 6.66. The summed E-state index contributed by atoms with van der Waals surface area (Å²) >= 11 is 12.6. The molecule has 0 fully saturated rings. The van der Waals surface area contributed by atoms with Crippen molar-refractivity contribution in [2.45, 2.75) is 12.5 Å². The highest BCUT2D eigenvalue weighted by molar-refractivity contribution is 6.35. The molecule has 0 saturated heterocycles. The number of carbonyl (C=O) groups is 1. The van der Waals surface area contributed by atoms with Crippen molar-refractivity contribution in [3.8, 4) is 0 Å². The number of hydrogen-bond acceptors (Lipinski definition) is 2. The fraction of sp³-hybridized carbons (Fsp3) is 0.235. The van der Waals surface area contributed by atoms with Crippen LogP contribution in [0.3, 0.4) is 0 Å². The smallest absolute Gasteiger partial charge is 0.316 e. The molecular formula is C17H17Cl2N3O. The molecule has 1 aliphatic rings. The molecule has 2 aromatic rings. The summed E-state index contributed by atoms with van der Waals surface area (Å²) in [6, 6.07) is 10.9. The van der Waals surface area contributed by atoms with E-state index in [0.717, 1.165) is 29.8 Å². The van der Waals surface area contributed by atoms with Gasteiger partial charge >= 0.3 is 6.03 Å². The Balaban J connectivity index is 2.06. The minimum atomic E-state index is -0.575. The number of nitrogens with one attached hydrogen (secondary N) is 1. The summed E-state index contributed by atoms with van der Waals surface area (Å²) in [5.74, 6) is 0.134. The molecule has 0 aliphatic carbocycles. The van der Waals surface area contributed by atoms with E-state index in [9.17, 15) is 4.79 Å². The van der Waals surface area contributed by atoms with Crippen molar-refractivity contribution in [3.05, 3.63) is 63.1 Å². The summed E-state index contributed by atoms with van der Waals surface area (Å²) in [5, 5.41) is 3.94. The highest BCUT2D eigenvalue weighted by Crippen LogP contribution is 2.38. The van der Waals surface area contributed by atoms with Crippen molar-refractivity contribution in [1.82, 2.24) is 4.90 Å². The maximum atomic E-state index is 11.1. The molecule has 0 bridgehead atoms. The Hall–Kier alpha value is -1.75. The molecular weight excluding hydrogens is 333 g/mol. The summed E-state index contributed by atoms with van der Waals surface area (Å²) in [4.78, 5) is 13.3. The van der Waals surface area contributed by atoms with Crippen LogP contribution in [0.5, 0.6) is 0 Å². The molecule has 1 aliphatic heterocycles. The lowest BCUT2D eigenvalue weighted by molar-refractivity contribution is 0.259. The van der Waals surface area contributed by atoms with Crippen LogP contribution < -0.4 is 11.1 Å². The van der Waals surface area contributed by atoms with Gasteiger partial charge in [0.1, 0.15) is 0 Å². The summed E-state index contributed by atoms with van der Waals surface area (Å²) < 4.78 is 0. The fourth-order valence-corrected chi connectivity index (χ4v) is 3.67. The van der Waals surface area contributed by atoms with Crippen LogP contribution >= 0.6 is 23.2 Å². The van der Waals surface area contributed by atoms with Crippen molar-refractivity contribution in [2.24, 2.45) is 5.73 Å². The van der Waals surface area contributed by atoms with Gasteiger partial charge in [0, 0.05) is 34.7 Å². The van der Waals surface area contributed by atoms with E-state index in [2.05, 4.69) is 17.3 Å². The lowest BCUT2D eigenvalue weighted by Gasteiger charge is -2.33. The molecule has 0 saturated carbocycles. The zero-order chi connectivity index (χ0) is 16.6. The first-order valence-corrected chi connectivity index (χ1v) is 8.02. The Morgan fingerprint density at radius 2 is 2.09 bits per heavy atom. The van der Waals surface area contributed by atoms with E-state index in [1.54, 1.807) is 6.07 Å². The standard InChI is InChI=1S/C17H17Cl2N3O/c1-22-8-14(10-3-2-4-12(5-10)21-17(20)23)13-6-11(18)7-16(19)15(13)9-22/h2-7,14H,8-9H2,1H3,(H3,20,21,23). The third kappa shape index (κ3) is 3.44. The van der Waals surface area contributed by atoms with Crippen LogP contribution in [0.4, 0.5) is 10.5 Å². The van der Waals surface area contributed by atoms with Gasteiger partial charge in [0.2, 0.25) is 0 Å². The number of benzene rings is 2. The van der Waals surface area contributed by atoms with Crippen LogP contribution in [-0.2, 0) is 6.54 Å². The number of amides is 2. The summed E-state index contributed by atoms with van der Waals surface area (Å²) in [6.45, 7) is 1.64. The molecule has 3 rings (SSSR count). The van der Waals surface area contributed by atoms with E-state index in [0.29, 0.717) is 15.7 Å². The Morgan fingerprint density at radius 1 is 1.30 bits per heavy atom. The van der Waals surface area contributed by atoms with Gasteiger partial charge in [-0.05, 0) is 48.0 Å². The highest BCUT2D eigenvalue weighted by atomic mass is 35.5. The first-order chi connectivity index (χ1) is 10.9. The van der Waals surface area contributed by atoms with Gasteiger partial charge in [-0.3, -0.25) is 0 Å². The largest absolute Gasteiger partial charge is 0.351 e. The Kier molecular flexibility index (Phi) is 4.48. The van der Waals surface area contributed by atoms with E-state index in [1.807, 2.05) is 30.3 Å². The molecule has 0 spiro atoms. The topological polar surface area (TPSA) is 58.4 Å². The van der Waals surface area contributed by atoms with Gasteiger partial charge in [0.05, 0.1) is 0 Å². The number of anilines is 1. The molecule has 1 heterocycles. The number of rotatable bonds is 2. The molecule has 4 nitrogen and oxygen atoms in total. The minimum Gasteiger partial charge on any atom is -0.351 e. The molecule has 1 atom stereocenters. The predicted molar refractivity (Wildman–Crippen MR) is 94.3 cm³/mol. The number of halogens is 2. The predicted octanol–water partition coefficient (Wildman–Crippen LogP) is 4.06. The number of urea groups is 1. The highest BCUT2D eigenvalue weighted by Gasteiger charge is 2.27. The van der Waals surface area contributed by atoms with Crippen molar-refractivity contribution >= 4 is 34.9 Å². The Bertz CT molecular complexity index is 763. The third-order valence-corrected chi connectivity index (χ3v) is 4.60. The van der Waals surface area contributed by atoms with E-state index >= 15 is 0 Å². The SMILES string of the molecule is CN1Cc2c(Cl)cc(Cl)cc2C(c2cccc(NC(N)=O)c2)C1. The van der Waals surface area contributed by atoms with Crippen LogP contribution in [-0.4, -0.2) is 24.5 Å². The number of primary amides is 1. The average Bonchev–Trinajstić information content (AvgIpc) is 2.47. The van der Waals surface area contributed by atoms with E-state index in [-0.39, 0.29) is 5.92 Å². The Labute approximate surface area is 145 Å². The summed E-state index contributed by atoms with van der Waals surface area (Å²) in [5.41, 5.74) is 9.20. The zero-order valence-electron chi connectivity index (χ0n) is 12.6. The number of hydrogen-bond donors (Lipinski definition) is 2. The van der Waals surface area contributed by atoms with Gasteiger partial charge in [-0.2, -0.15) is 0 Å². The minimum absolute atomic E-state index is 0.134. The number of nitrogens with zero attached hydrogens (tertiary/aromatic N) is 1. The van der Waals surface area contributed by atoms with E-state index in [1.165, 1.54) is 0 Å². The normalized spacial score (nSPS) is 17.6. The molecule has 2 amide bonds. The first kappa shape index (κ1) is 16.1. The van der Waals surface area contributed by atoms with Crippen LogP contribution in [0.1, 0.15) is 22.6 Å². The van der Waals surface area contributed by atoms with E-state index < -0.39 is 6.03 Å². The monoisotopic (exact) mass is 349 g/mol. The zero-order valence-corrected chi connectivity index (χ0v) is 14.2. The third-order valence-electron chi connectivity index (χ3n) is 4.05. The molecule has 0 aromatic heterocycles. The van der Waals surface area contributed by atoms with Gasteiger partial charge in [-0.25, -0.2) is 4.79 Å². The quantitative estimate of drug-likeness (QED) is 0.858. The molecule has 2 aromatic carbocycles. The van der Waals surface area contributed by atoms with Gasteiger partial charge in [-0.1, -0.05) is 35.3 Å². The molecule has 23 heavy (non-hydrogen) atoms. The maximum absolute atomic E-state index is 11.1. The number of fused-ring (bicyclic) bond motifs is 1. The summed E-state index contributed by atoms with van der Waals surface area (Å²) in [6.07, 6.45) is 0. The van der Waals surface area contributed by atoms with Crippen molar-refractivity contribution in [1.29, 1.82) is 0 Å². The van der Waals surface area contributed by atoms with Gasteiger partial charge in [0.15, 0.2) is 0 Å². The first-order valence-electron chi connectivity index (χ1n) is 7.27.